The third-order valence-electron chi connectivity index (χ3n) is 2.54. The minimum absolute atomic E-state index is 0.337. The third kappa shape index (κ3) is 2.16. The summed E-state index contributed by atoms with van der Waals surface area (Å²) in [7, 11) is 0. The molecular formula is C13H14ClNO3. The second kappa shape index (κ2) is 5.31. The lowest BCUT2D eigenvalue weighted by molar-refractivity contribution is 0.155. The fourth-order valence-corrected chi connectivity index (χ4v) is 2.06. The average Bonchev–Trinajstić information content (AvgIpc) is 2.78. The van der Waals surface area contributed by atoms with Crippen LogP contribution in [0.15, 0.2) is 24.4 Å². The fourth-order valence-electron chi connectivity index (χ4n) is 1.78. The Balaban J connectivity index is 2.49. The van der Waals surface area contributed by atoms with Crippen LogP contribution in [-0.4, -0.2) is 23.9 Å². The van der Waals surface area contributed by atoms with Gasteiger partial charge in [0.05, 0.1) is 23.8 Å². The highest BCUT2D eigenvalue weighted by Gasteiger charge is 2.13. The number of hydrogen-bond donors (Lipinski definition) is 0. The molecule has 0 saturated heterocycles. The van der Waals surface area contributed by atoms with E-state index in [2.05, 4.69) is 0 Å². The van der Waals surface area contributed by atoms with Crippen molar-refractivity contribution in [3.63, 3.8) is 0 Å². The van der Waals surface area contributed by atoms with Crippen LogP contribution in [0.25, 0.3) is 10.9 Å². The number of nitrogens with zero attached hydrogens (tertiary/aromatic N) is 1. The lowest BCUT2D eigenvalue weighted by Gasteiger charge is -2.08. The lowest BCUT2D eigenvalue weighted by atomic mass is 10.2. The molecule has 0 bridgehead atoms. The number of benzene rings is 1. The van der Waals surface area contributed by atoms with Crippen LogP contribution in [0.4, 0.5) is 4.79 Å². The van der Waals surface area contributed by atoms with Crippen molar-refractivity contribution < 1.29 is 14.3 Å². The van der Waals surface area contributed by atoms with Gasteiger partial charge in [-0.2, -0.15) is 0 Å². The maximum atomic E-state index is 11.7. The number of rotatable bonds is 3. The van der Waals surface area contributed by atoms with Gasteiger partial charge in [0.2, 0.25) is 0 Å². The molecule has 0 atom stereocenters. The van der Waals surface area contributed by atoms with Crippen LogP contribution in [0.1, 0.15) is 13.8 Å². The molecular weight excluding hydrogens is 254 g/mol. The van der Waals surface area contributed by atoms with Crippen LogP contribution in [0.3, 0.4) is 0 Å². The van der Waals surface area contributed by atoms with Crippen LogP contribution >= 0.6 is 11.6 Å². The number of hydrogen-bond acceptors (Lipinski definition) is 3. The first kappa shape index (κ1) is 12.8. The molecule has 0 unspecified atom stereocenters. The minimum atomic E-state index is -0.410. The van der Waals surface area contributed by atoms with Crippen molar-refractivity contribution in [3.8, 4) is 5.75 Å². The summed E-state index contributed by atoms with van der Waals surface area (Å²) in [6.45, 7) is 4.54. The van der Waals surface area contributed by atoms with E-state index in [0.717, 1.165) is 5.39 Å². The van der Waals surface area contributed by atoms with Gasteiger partial charge in [0.25, 0.3) is 0 Å². The Kier molecular flexibility index (Phi) is 3.77. The molecule has 1 heterocycles. The van der Waals surface area contributed by atoms with Gasteiger partial charge in [0.1, 0.15) is 5.75 Å². The van der Waals surface area contributed by atoms with E-state index in [0.29, 0.717) is 29.5 Å². The van der Waals surface area contributed by atoms with E-state index in [4.69, 9.17) is 21.1 Å². The Bertz CT molecular complexity index is 577. The fraction of sp³-hybridized carbons (Fsp3) is 0.308. The molecule has 0 aliphatic heterocycles. The van der Waals surface area contributed by atoms with Crippen molar-refractivity contribution in [1.82, 2.24) is 4.57 Å². The number of carbonyl (C=O) groups is 1. The monoisotopic (exact) mass is 267 g/mol. The van der Waals surface area contributed by atoms with Crippen molar-refractivity contribution in [2.45, 2.75) is 13.8 Å². The van der Waals surface area contributed by atoms with Crippen molar-refractivity contribution in [1.29, 1.82) is 0 Å². The van der Waals surface area contributed by atoms with Crippen LogP contribution in [0.2, 0.25) is 5.02 Å². The summed E-state index contributed by atoms with van der Waals surface area (Å²) in [5.41, 5.74) is 0.710. The molecule has 0 aliphatic rings. The largest absolute Gasteiger partial charge is 0.492 e. The predicted octanol–water partition coefficient (Wildman–Crippen LogP) is 3.70. The molecule has 2 rings (SSSR count). The number of halogens is 1. The molecule has 0 radical (unpaired) electrons. The smallest absolute Gasteiger partial charge is 0.418 e. The van der Waals surface area contributed by atoms with E-state index in [9.17, 15) is 4.79 Å². The van der Waals surface area contributed by atoms with Gasteiger partial charge < -0.3 is 9.47 Å². The van der Waals surface area contributed by atoms with Gasteiger partial charge in [-0.25, -0.2) is 4.79 Å². The number of ether oxygens (including phenoxy) is 2. The SMILES string of the molecule is CCOC(=O)n1ccc2c(Cl)c(OCC)ccc21. The van der Waals surface area contributed by atoms with Gasteiger partial charge in [-0.15, -0.1) is 0 Å². The summed E-state index contributed by atoms with van der Waals surface area (Å²) in [5, 5.41) is 1.29. The first-order valence-corrected chi connectivity index (χ1v) is 6.16. The molecule has 0 fully saturated rings. The maximum Gasteiger partial charge on any atom is 0.418 e. The zero-order valence-electron chi connectivity index (χ0n) is 10.3. The minimum Gasteiger partial charge on any atom is -0.492 e. The van der Waals surface area contributed by atoms with Gasteiger partial charge in [0.15, 0.2) is 0 Å². The number of fused-ring (bicyclic) bond motifs is 1. The summed E-state index contributed by atoms with van der Waals surface area (Å²) >= 11 is 6.22. The zero-order valence-corrected chi connectivity index (χ0v) is 11.0. The highest BCUT2D eigenvalue weighted by molar-refractivity contribution is 6.37. The molecule has 18 heavy (non-hydrogen) atoms. The summed E-state index contributed by atoms with van der Waals surface area (Å²) in [6, 6.07) is 5.32. The van der Waals surface area contributed by atoms with Crippen LogP contribution < -0.4 is 4.74 Å². The molecule has 0 saturated carbocycles. The molecule has 96 valence electrons. The molecule has 2 aromatic rings. The van der Waals surface area contributed by atoms with Crippen LogP contribution in [0.5, 0.6) is 5.75 Å². The van der Waals surface area contributed by atoms with E-state index in [1.54, 1.807) is 31.3 Å². The quantitative estimate of drug-likeness (QED) is 0.851. The van der Waals surface area contributed by atoms with E-state index in [1.165, 1.54) is 4.57 Å². The second-order valence-electron chi connectivity index (χ2n) is 3.63. The topological polar surface area (TPSA) is 40.5 Å². The highest BCUT2D eigenvalue weighted by Crippen LogP contribution is 2.33. The van der Waals surface area contributed by atoms with Crippen molar-refractivity contribution in [2.75, 3.05) is 13.2 Å². The summed E-state index contributed by atoms with van der Waals surface area (Å²) in [4.78, 5) is 11.7. The number of carbonyl (C=O) groups excluding carboxylic acids is 1. The molecule has 0 aliphatic carbocycles. The summed E-state index contributed by atoms with van der Waals surface area (Å²) < 4.78 is 11.8. The Morgan fingerprint density at radius 2 is 2.06 bits per heavy atom. The maximum absolute atomic E-state index is 11.7. The average molecular weight is 268 g/mol. The first-order chi connectivity index (χ1) is 8.69. The van der Waals surface area contributed by atoms with Crippen molar-refractivity contribution >= 4 is 28.6 Å². The van der Waals surface area contributed by atoms with E-state index in [-0.39, 0.29) is 0 Å². The van der Waals surface area contributed by atoms with E-state index < -0.39 is 6.09 Å². The molecule has 0 N–H and O–H groups in total. The predicted molar refractivity (Wildman–Crippen MR) is 70.5 cm³/mol. The van der Waals surface area contributed by atoms with Gasteiger partial charge in [-0.1, -0.05) is 11.6 Å². The highest BCUT2D eigenvalue weighted by atomic mass is 35.5. The van der Waals surface area contributed by atoms with E-state index >= 15 is 0 Å². The normalized spacial score (nSPS) is 10.6. The van der Waals surface area contributed by atoms with Gasteiger partial charge in [-0.05, 0) is 32.0 Å². The second-order valence-corrected chi connectivity index (χ2v) is 4.01. The first-order valence-electron chi connectivity index (χ1n) is 5.78. The Hall–Kier alpha value is -1.68. The molecule has 0 amide bonds. The third-order valence-corrected chi connectivity index (χ3v) is 2.93. The van der Waals surface area contributed by atoms with E-state index in [1.807, 2.05) is 6.92 Å². The summed E-state index contributed by atoms with van der Waals surface area (Å²) in [5.74, 6) is 0.619. The Morgan fingerprint density at radius 3 is 2.72 bits per heavy atom. The van der Waals surface area contributed by atoms with Gasteiger partial charge in [0, 0.05) is 11.6 Å². The lowest BCUT2D eigenvalue weighted by Crippen LogP contribution is -2.11. The molecule has 4 nitrogen and oxygen atoms in total. The molecule has 1 aromatic carbocycles. The Labute approximate surface area is 110 Å². The van der Waals surface area contributed by atoms with Gasteiger partial charge >= 0.3 is 6.09 Å². The van der Waals surface area contributed by atoms with Crippen molar-refractivity contribution in [2.24, 2.45) is 0 Å². The molecule has 1 aromatic heterocycles. The Morgan fingerprint density at radius 1 is 1.28 bits per heavy atom. The standard InChI is InChI=1S/C13H14ClNO3/c1-3-17-11-6-5-10-9(12(11)14)7-8-15(10)13(16)18-4-2/h5-8H,3-4H2,1-2H3. The van der Waals surface area contributed by atoms with Crippen molar-refractivity contribution in [3.05, 3.63) is 29.4 Å². The molecule has 5 heteroatoms. The molecule has 0 spiro atoms. The van der Waals surface area contributed by atoms with Gasteiger partial charge in [-0.3, -0.25) is 4.57 Å². The van der Waals surface area contributed by atoms with Crippen LogP contribution in [0, 0.1) is 0 Å². The van der Waals surface area contributed by atoms with Crippen LogP contribution in [-0.2, 0) is 4.74 Å². The zero-order chi connectivity index (χ0) is 13.1. The summed E-state index contributed by atoms with van der Waals surface area (Å²) in [6.07, 6.45) is 1.23. The number of aromatic nitrogens is 1.